The number of amides is 1. The molecule has 1 aliphatic carbocycles. The summed E-state index contributed by atoms with van der Waals surface area (Å²) in [6, 6.07) is 5.38. The molecule has 1 N–H and O–H groups in total. The average molecular weight is 433 g/mol. The SMILES string of the molecule is CC(C)Oc1nc2nc(C34COC(C)(C3)C4)cn2cc1C(=O)Nc1cccc2ncnn12. The van der Waals surface area contributed by atoms with E-state index in [2.05, 4.69) is 27.3 Å². The highest BCUT2D eigenvalue weighted by Gasteiger charge is 2.61. The van der Waals surface area contributed by atoms with E-state index in [1.807, 2.05) is 32.2 Å². The van der Waals surface area contributed by atoms with Crippen LogP contribution in [0.3, 0.4) is 0 Å². The van der Waals surface area contributed by atoms with E-state index in [-0.39, 0.29) is 28.9 Å². The van der Waals surface area contributed by atoms with E-state index in [1.54, 1.807) is 21.2 Å². The van der Waals surface area contributed by atoms with Crippen molar-refractivity contribution in [2.45, 2.75) is 50.7 Å². The number of rotatable bonds is 5. The van der Waals surface area contributed by atoms with Gasteiger partial charge in [0, 0.05) is 17.8 Å². The molecule has 2 saturated heterocycles. The summed E-state index contributed by atoms with van der Waals surface area (Å²) in [6.07, 6.45) is 6.86. The summed E-state index contributed by atoms with van der Waals surface area (Å²) in [6.45, 7) is 6.59. The van der Waals surface area contributed by atoms with Gasteiger partial charge in [-0.1, -0.05) is 6.07 Å². The van der Waals surface area contributed by atoms with E-state index in [1.165, 1.54) is 6.33 Å². The molecule has 0 atom stereocenters. The summed E-state index contributed by atoms with van der Waals surface area (Å²) >= 11 is 0. The maximum Gasteiger partial charge on any atom is 0.263 e. The molecule has 0 spiro atoms. The van der Waals surface area contributed by atoms with Gasteiger partial charge < -0.3 is 14.8 Å². The third kappa shape index (κ3) is 2.86. The first-order chi connectivity index (χ1) is 15.3. The maximum atomic E-state index is 13.3. The zero-order valence-corrected chi connectivity index (χ0v) is 18.1. The van der Waals surface area contributed by atoms with Crippen molar-refractivity contribution < 1.29 is 14.3 Å². The first-order valence-electron chi connectivity index (χ1n) is 10.7. The van der Waals surface area contributed by atoms with Gasteiger partial charge in [-0.2, -0.15) is 14.6 Å². The van der Waals surface area contributed by atoms with Crippen LogP contribution in [0.15, 0.2) is 36.9 Å². The summed E-state index contributed by atoms with van der Waals surface area (Å²) in [7, 11) is 0. The highest BCUT2D eigenvalue weighted by molar-refractivity contribution is 6.05. The van der Waals surface area contributed by atoms with Crippen LogP contribution >= 0.6 is 0 Å². The number of fused-ring (bicyclic) bond motifs is 3. The highest BCUT2D eigenvalue weighted by Crippen LogP contribution is 2.58. The standard InChI is InChI=1S/C22H23N7O3/c1-13(2)32-19-14(18(30)26-17-6-4-5-16-23-12-24-29(16)17)7-28-8-15(25-20(28)27-19)22-9-21(3,10-22)31-11-22/h4-8,12-13H,9-11H2,1-3H3,(H,26,30). The van der Waals surface area contributed by atoms with Crippen LogP contribution in [-0.2, 0) is 10.2 Å². The summed E-state index contributed by atoms with van der Waals surface area (Å²) in [5.41, 5.74) is 1.79. The fraction of sp³-hybridized carbons (Fsp3) is 0.409. The van der Waals surface area contributed by atoms with Crippen LogP contribution in [0.25, 0.3) is 11.4 Å². The Balaban J connectivity index is 1.39. The van der Waals surface area contributed by atoms with Crippen molar-refractivity contribution >= 4 is 23.1 Å². The molecule has 10 nitrogen and oxygen atoms in total. The molecule has 2 bridgehead atoms. The smallest absolute Gasteiger partial charge is 0.263 e. The topological polar surface area (TPSA) is 108 Å². The van der Waals surface area contributed by atoms with Gasteiger partial charge in [0.2, 0.25) is 11.7 Å². The number of imidazole rings is 1. The van der Waals surface area contributed by atoms with Crippen molar-refractivity contribution in [3.8, 4) is 5.88 Å². The molecule has 4 aromatic rings. The lowest BCUT2D eigenvalue weighted by atomic mass is 9.62. The molecule has 32 heavy (non-hydrogen) atoms. The number of pyridine rings is 1. The van der Waals surface area contributed by atoms with Crippen molar-refractivity contribution in [3.05, 3.63) is 48.2 Å². The number of hydrogen-bond donors (Lipinski definition) is 1. The number of ether oxygens (including phenoxy) is 2. The van der Waals surface area contributed by atoms with Gasteiger partial charge in [-0.15, -0.1) is 0 Å². The van der Waals surface area contributed by atoms with E-state index in [4.69, 9.17) is 14.5 Å². The van der Waals surface area contributed by atoms with Crippen LogP contribution in [0.5, 0.6) is 5.88 Å². The van der Waals surface area contributed by atoms with Gasteiger partial charge in [0.1, 0.15) is 17.7 Å². The van der Waals surface area contributed by atoms with E-state index >= 15 is 0 Å². The Morgan fingerprint density at radius 3 is 2.84 bits per heavy atom. The van der Waals surface area contributed by atoms with Gasteiger partial charge >= 0.3 is 0 Å². The molecule has 4 aromatic heterocycles. The Bertz CT molecular complexity index is 1370. The third-order valence-corrected chi connectivity index (χ3v) is 6.21. The normalized spacial score (nSPS) is 24.2. The van der Waals surface area contributed by atoms with Gasteiger partial charge in [0.25, 0.3) is 5.91 Å². The molecular weight excluding hydrogens is 410 g/mol. The van der Waals surface area contributed by atoms with Crippen LogP contribution in [0.4, 0.5) is 5.82 Å². The Kier molecular flexibility index (Phi) is 3.89. The lowest BCUT2D eigenvalue weighted by Crippen LogP contribution is -2.45. The fourth-order valence-electron chi connectivity index (χ4n) is 4.91. The first-order valence-corrected chi connectivity index (χ1v) is 10.7. The number of carbonyl (C=O) groups excluding carboxylic acids is 1. The van der Waals surface area contributed by atoms with E-state index in [9.17, 15) is 4.79 Å². The molecule has 3 fully saturated rings. The van der Waals surface area contributed by atoms with Crippen molar-refractivity contribution in [2.75, 3.05) is 11.9 Å². The van der Waals surface area contributed by atoms with E-state index in [0.717, 1.165) is 18.5 Å². The number of anilines is 1. The summed E-state index contributed by atoms with van der Waals surface area (Å²) in [5, 5.41) is 7.06. The van der Waals surface area contributed by atoms with Crippen molar-refractivity contribution in [1.29, 1.82) is 0 Å². The second-order valence-electron chi connectivity index (χ2n) is 9.23. The second kappa shape index (κ2) is 6.49. The van der Waals surface area contributed by atoms with Gasteiger partial charge in [-0.05, 0) is 45.7 Å². The molecular formula is C22H23N7O3. The van der Waals surface area contributed by atoms with Crippen LogP contribution < -0.4 is 10.1 Å². The van der Waals surface area contributed by atoms with Crippen molar-refractivity contribution in [2.24, 2.45) is 0 Å². The van der Waals surface area contributed by atoms with Crippen LogP contribution in [0, 0.1) is 0 Å². The third-order valence-electron chi connectivity index (χ3n) is 6.21. The predicted molar refractivity (Wildman–Crippen MR) is 115 cm³/mol. The number of nitrogens with one attached hydrogen (secondary N) is 1. The van der Waals surface area contributed by atoms with E-state index < -0.39 is 0 Å². The minimum absolute atomic E-state index is 0.0391. The summed E-state index contributed by atoms with van der Waals surface area (Å²) in [4.78, 5) is 26.8. The Hall–Kier alpha value is -3.53. The molecule has 7 rings (SSSR count). The van der Waals surface area contributed by atoms with Gasteiger partial charge in [0.15, 0.2) is 5.65 Å². The number of nitrogens with zero attached hydrogens (tertiary/aromatic N) is 6. The van der Waals surface area contributed by atoms with Crippen molar-refractivity contribution in [3.63, 3.8) is 0 Å². The monoisotopic (exact) mass is 433 g/mol. The lowest BCUT2D eigenvalue weighted by molar-refractivity contribution is 0.0154. The number of aromatic nitrogens is 6. The molecule has 0 radical (unpaired) electrons. The molecule has 164 valence electrons. The van der Waals surface area contributed by atoms with Crippen molar-refractivity contribution in [1.82, 2.24) is 29.0 Å². The molecule has 1 amide bonds. The molecule has 10 heteroatoms. The predicted octanol–water partition coefficient (Wildman–Crippen LogP) is 2.63. The minimum Gasteiger partial charge on any atom is -0.474 e. The first kappa shape index (κ1) is 19.2. The molecule has 6 heterocycles. The highest BCUT2D eigenvalue weighted by atomic mass is 16.5. The minimum atomic E-state index is -0.355. The van der Waals surface area contributed by atoms with Crippen LogP contribution in [0.1, 0.15) is 49.7 Å². The number of carbonyl (C=O) groups is 1. The Labute approximate surface area is 183 Å². The molecule has 2 aliphatic heterocycles. The Morgan fingerprint density at radius 2 is 2.09 bits per heavy atom. The number of hydrogen-bond acceptors (Lipinski definition) is 7. The zero-order valence-electron chi connectivity index (χ0n) is 18.1. The Morgan fingerprint density at radius 1 is 1.25 bits per heavy atom. The van der Waals surface area contributed by atoms with Gasteiger partial charge in [0.05, 0.1) is 24.0 Å². The van der Waals surface area contributed by atoms with E-state index in [0.29, 0.717) is 29.4 Å². The zero-order chi connectivity index (χ0) is 22.1. The largest absolute Gasteiger partial charge is 0.474 e. The lowest BCUT2D eigenvalue weighted by Gasteiger charge is -2.41. The fourth-order valence-corrected chi connectivity index (χ4v) is 4.91. The second-order valence-corrected chi connectivity index (χ2v) is 9.23. The summed E-state index contributed by atoms with van der Waals surface area (Å²) < 4.78 is 15.2. The maximum absolute atomic E-state index is 13.3. The van der Waals surface area contributed by atoms with Gasteiger partial charge in [-0.25, -0.2) is 9.97 Å². The summed E-state index contributed by atoms with van der Waals surface area (Å²) in [5.74, 6) is 0.890. The van der Waals surface area contributed by atoms with Crippen LogP contribution in [-0.4, -0.2) is 53.2 Å². The quantitative estimate of drug-likeness (QED) is 0.515. The van der Waals surface area contributed by atoms with Crippen LogP contribution in [0.2, 0.25) is 0 Å². The average Bonchev–Trinajstić information content (AvgIpc) is 3.48. The molecule has 3 aliphatic rings. The molecule has 0 unspecified atom stereocenters. The molecule has 0 aromatic carbocycles. The van der Waals surface area contributed by atoms with Gasteiger partial charge in [-0.3, -0.25) is 9.20 Å². The molecule has 1 saturated carbocycles.